The predicted octanol–water partition coefficient (Wildman–Crippen LogP) is 1.79. The Kier molecular flexibility index (Phi) is 8.55. The van der Waals surface area contributed by atoms with Gasteiger partial charge in [-0.2, -0.15) is 11.8 Å². The quantitative estimate of drug-likeness (QED) is 0.546. The molecule has 0 aromatic heterocycles. The summed E-state index contributed by atoms with van der Waals surface area (Å²) in [4.78, 5) is 7.31. The van der Waals surface area contributed by atoms with Gasteiger partial charge in [-0.25, -0.2) is 0 Å². The minimum absolute atomic E-state index is 0.575. The highest BCUT2D eigenvalue weighted by atomic mass is 32.2. The van der Waals surface area contributed by atoms with Crippen LogP contribution < -0.4 is 10.6 Å². The van der Waals surface area contributed by atoms with E-state index < -0.39 is 0 Å². The van der Waals surface area contributed by atoms with Crippen molar-refractivity contribution in [2.24, 2.45) is 10.9 Å². The SMILES string of the molecule is CCNC(=NCC(C)CN1CCOCC1)NC1CCC(SC)C1. The van der Waals surface area contributed by atoms with Gasteiger partial charge < -0.3 is 15.4 Å². The summed E-state index contributed by atoms with van der Waals surface area (Å²) in [5.74, 6) is 1.57. The third kappa shape index (κ3) is 6.89. The highest BCUT2D eigenvalue weighted by Gasteiger charge is 2.24. The highest BCUT2D eigenvalue weighted by Crippen LogP contribution is 2.28. The molecule has 23 heavy (non-hydrogen) atoms. The molecule has 1 aliphatic heterocycles. The average molecular weight is 343 g/mol. The summed E-state index contributed by atoms with van der Waals surface area (Å²) in [7, 11) is 0. The van der Waals surface area contributed by atoms with E-state index in [2.05, 4.69) is 35.6 Å². The average Bonchev–Trinajstić information content (AvgIpc) is 3.01. The summed E-state index contributed by atoms with van der Waals surface area (Å²) in [5, 5.41) is 7.85. The fraction of sp³-hybridized carbons (Fsp3) is 0.941. The first-order valence-electron chi connectivity index (χ1n) is 9.09. The number of hydrogen-bond donors (Lipinski definition) is 2. The van der Waals surface area contributed by atoms with Crippen LogP contribution in [0.25, 0.3) is 0 Å². The van der Waals surface area contributed by atoms with Crippen LogP contribution in [0.2, 0.25) is 0 Å². The van der Waals surface area contributed by atoms with Crippen LogP contribution in [0, 0.1) is 5.92 Å². The van der Waals surface area contributed by atoms with Crippen LogP contribution in [0.4, 0.5) is 0 Å². The van der Waals surface area contributed by atoms with Crippen molar-refractivity contribution in [3.63, 3.8) is 0 Å². The molecule has 3 unspecified atom stereocenters. The number of rotatable bonds is 7. The van der Waals surface area contributed by atoms with Crippen LogP contribution in [0.5, 0.6) is 0 Å². The van der Waals surface area contributed by atoms with Crippen LogP contribution in [0.1, 0.15) is 33.1 Å². The molecule has 2 rings (SSSR count). The lowest BCUT2D eigenvalue weighted by Gasteiger charge is -2.28. The Labute approximate surface area is 146 Å². The molecular formula is C17H34N4OS. The second kappa shape index (κ2) is 10.4. The van der Waals surface area contributed by atoms with Gasteiger partial charge in [0.2, 0.25) is 0 Å². The number of ether oxygens (including phenoxy) is 1. The third-order valence-corrected chi connectivity index (χ3v) is 5.73. The number of guanidine groups is 1. The van der Waals surface area contributed by atoms with Crippen LogP contribution in [-0.2, 0) is 4.74 Å². The molecule has 1 saturated carbocycles. The minimum Gasteiger partial charge on any atom is -0.379 e. The lowest BCUT2D eigenvalue weighted by Crippen LogP contribution is -2.43. The highest BCUT2D eigenvalue weighted by molar-refractivity contribution is 7.99. The van der Waals surface area contributed by atoms with Crippen molar-refractivity contribution in [1.29, 1.82) is 0 Å². The molecule has 1 heterocycles. The maximum Gasteiger partial charge on any atom is 0.191 e. The standard InChI is InChI=1S/C17H34N4OS/c1-4-18-17(20-15-5-6-16(11-15)23-3)19-12-14(2)13-21-7-9-22-10-8-21/h14-16H,4-13H2,1-3H3,(H2,18,19,20). The Morgan fingerprint density at radius 3 is 2.78 bits per heavy atom. The number of nitrogens with zero attached hydrogens (tertiary/aromatic N) is 2. The molecule has 3 atom stereocenters. The third-order valence-electron chi connectivity index (χ3n) is 4.64. The van der Waals surface area contributed by atoms with Crippen molar-refractivity contribution in [3.8, 4) is 0 Å². The van der Waals surface area contributed by atoms with Gasteiger partial charge in [0.15, 0.2) is 5.96 Å². The van der Waals surface area contributed by atoms with E-state index in [0.717, 1.165) is 57.1 Å². The molecule has 0 aromatic carbocycles. The summed E-state index contributed by atoms with van der Waals surface area (Å²) in [5.41, 5.74) is 0. The van der Waals surface area contributed by atoms with Crippen molar-refractivity contribution in [1.82, 2.24) is 15.5 Å². The summed E-state index contributed by atoms with van der Waals surface area (Å²) in [6, 6.07) is 0.583. The maximum atomic E-state index is 5.41. The predicted molar refractivity (Wildman–Crippen MR) is 100 cm³/mol. The lowest BCUT2D eigenvalue weighted by atomic mass is 10.1. The molecule has 2 aliphatic rings. The largest absolute Gasteiger partial charge is 0.379 e. The summed E-state index contributed by atoms with van der Waals surface area (Å²) in [6.45, 7) is 11.2. The van der Waals surface area contributed by atoms with E-state index in [9.17, 15) is 0 Å². The van der Waals surface area contributed by atoms with Crippen molar-refractivity contribution in [3.05, 3.63) is 0 Å². The zero-order chi connectivity index (χ0) is 16.5. The monoisotopic (exact) mass is 342 g/mol. The van der Waals surface area contributed by atoms with Crippen LogP contribution in [0.3, 0.4) is 0 Å². The second-order valence-corrected chi connectivity index (χ2v) is 7.89. The van der Waals surface area contributed by atoms with E-state index in [-0.39, 0.29) is 0 Å². The van der Waals surface area contributed by atoms with E-state index >= 15 is 0 Å². The van der Waals surface area contributed by atoms with E-state index in [1.54, 1.807) is 0 Å². The van der Waals surface area contributed by atoms with Gasteiger partial charge in [-0.05, 0) is 38.4 Å². The molecule has 134 valence electrons. The van der Waals surface area contributed by atoms with Gasteiger partial charge in [-0.3, -0.25) is 9.89 Å². The molecule has 1 saturated heterocycles. The van der Waals surface area contributed by atoms with Gasteiger partial charge in [-0.15, -0.1) is 0 Å². The lowest BCUT2D eigenvalue weighted by molar-refractivity contribution is 0.0323. The fourth-order valence-corrected chi connectivity index (χ4v) is 4.12. The topological polar surface area (TPSA) is 48.9 Å². The van der Waals surface area contributed by atoms with Crippen molar-refractivity contribution >= 4 is 17.7 Å². The number of nitrogens with one attached hydrogen (secondary N) is 2. The Morgan fingerprint density at radius 2 is 2.13 bits per heavy atom. The molecule has 0 bridgehead atoms. The van der Waals surface area contributed by atoms with Gasteiger partial charge in [0.1, 0.15) is 0 Å². The number of morpholine rings is 1. The smallest absolute Gasteiger partial charge is 0.191 e. The van der Waals surface area contributed by atoms with Gasteiger partial charge in [-0.1, -0.05) is 6.92 Å². The summed E-state index contributed by atoms with van der Waals surface area (Å²) >= 11 is 2.00. The zero-order valence-electron chi connectivity index (χ0n) is 15.0. The normalized spacial score (nSPS) is 27.9. The summed E-state index contributed by atoms with van der Waals surface area (Å²) < 4.78 is 5.41. The Balaban J connectivity index is 1.75. The van der Waals surface area contributed by atoms with Crippen molar-refractivity contribution < 1.29 is 4.74 Å². The molecule has 0 radical (unpaired) electrons. The second-order valence-electron chi connectivity index (χ2n) is 6.75. The van der Waals surface area contributed by atoms with E-state index in [0.29, 0.717) is 12.0 Å². The minimum atomic E-state index is 0.575. The number of hydrogen-bond acceptors (Lipinski definition) is 4. The summed E-state index contributed by atoms with van der Waals surface area (Å²) in [6.07, 6.45) is 6.07. The van der Waals surface area contributed by atoms with Crippen LogP contribution in [-0.4, -0.2) is 74.3 Å². The fourth-order valence-electron chi connectivity index (χ4n) is 3.33. The first kappa shape index (κ1) is 18.9. The van der Waals surface area contributed by atoms with E-state index in [1.807, 2.05) is 11.8 Å². The van der Waals surface area contributed by atoms with Gasteiger partial charge in [0, 0.05) is 44.0 Å². The van der Waals surface area contributed by atoms with E-state index in [4.69, 9.17) is 9.73 Å². The molecule has 5 nitrogen and oxygen atoms in total. The van der Waals surface area contributed by atoms with Crippen molar-refractivity contribution in [2.45, 2.75) is 44.4 Å². The Bertz CT molecular complexity index is 361. The number of thioether (sulfide) groups is 1. The Morgan fingerprint density at radius 1 is 1.35 bits per heavy atom. The van der Waals surface area contributed by atoms with Crippen LogP contribution in [0.15, 0.2) is 4.99 Å². The molecule has 0 amide bonds. The molecular weight excluding hydrogens is 308 g/mol. The first-order chi connectivity index (χ1) is 11.2. The molecule has 2 N–H and O–H groups in total. The van der Waals surface area contributed by atoms with Crippen LogP contribution >= 0.6 is 11.8 Å². The molecule has 0 aromatic rings. The van der Waals surface area contributed by atoms with Crippen molar-refractivity contribution in [2.75, 3.05) is 52.2 Å². The van der Waals surface area contributed by atoms with Gasteiger partial charge in [0.25, 0.3) is 0 Å². The molecule has 2 fully saturated rings. The Hall–Kier alpha value is -0.460. The first-order valence-corrected chi connectivity index (χ1v) is 10.4. The number of aliphatic imine (C=N–C) groups is 1. The zero-order valence-corrected chi connectivity index (χ0v) is 15.8. The van der Waals surface area contributed by atoms with Gasteiger partial charge in [0.05, 0.1) is 13.2 Å². The van der Waals surface area contributed by atoms with Gasteiger partial charge >= 0.3 is 0 Å². The molecule has 0 spiro atoms. The maximum absolute atomic E-state index is 5.41. The van der Waals surface area contributed by atoms with E-state index in [1.165, 1.54) is 19.3 Å². The molecule has 1 aliphatic carbocycles. The molecule has 6 heteroatoms.